The molecular weight excluding hydrogens is 194 g/mol. The predicted octanol–water partition coefficient (Wildman–Crippen LogP) is 2.65. The topological polar surface area (TPSA) is 52.4 Å². The maximum atomic E-state index is 10.4. The Morgan fingerprint density at radius 3 is 2.85 bits per heavy atom. The van der Waals surface area contributed by atoms with E-state index in [0.29, 0.717) is 17.4 Å². The zero-order valence-corrected chi connectivity index (χ0v) is 7.75. The van der Waals surface area contributed by atoms with Gasteiger partial charge in [0.25, 0.3) is 5.69 Å². The third-order valence-electron chi connectivity index (χ3n) is 1.43. The maximum Gasteiger partial charge on any atom is 0.273 e. The van der Waals surface area contributed by atoms with Crippen molar-refractivity contribution >= 4 is 17.3 Å². The number of nitrogens with zero attached hydrogens (tertiary/aromatic N) is 1. The predicted molar refractivity (Wildman–Crippen MR) is 49.3 cm³/mol. The standard InChI is InChI=1S/C8H8ClNO3/c1-2-13-8-5-6(10(11)12)3-4-7(8)9/h3-5H,2H2,1H3. The monoisotopic (exact) mass is 201 g/mol. The summed E-state index contributed by atoms with van der Waals surface area (Å²) in [6, 6.07) is 4.10. The Kier molecular flexibility index (Phi) is 3.08. The van der Waals surface area contributed by atoms with Crippen LogP contribution in [0.2, 0.25) is 5.02 Å². The lowest BCUT2D eigenvalue weighted by Gasteiger charge is -2.03. The summed E-state index contributed by atoms with van der Waals surface area (Å²) in [5.74, 6) is 0.346. The second-order valence-electron chi connectivity index (χ2n) is 2.30. The summed E-state index contributed by atoms with van der Waals surface area (Å²) < 4.78 is 5.09. The molecule has 0 aromatic heterocycles. The highest BCUT2D eigenvalue weighted by Crippen LogP contribution is 2.28. The Hall–Kier alpha value is -1.29. The fourth-order valence-corrected chi connectivity index (χ4v) is 1.04. The summed E-state index contributed by atoms with van der Waals surface area (Å²) in [5, 5.41) is 10.8. The lowest BCUT2D eigenvalue weighted by atomic mass is 10.3. The van der Waals surface area contributed by atoms with Gasteiger partial charge in [-0.15, -0.1) is 0 Å². The van der Waals surface area contributed by atoms with Gasteiger partial charge in [-0.05, 0) is 13.0 Å². The minimum Gasteiger partial charge on any atom is -0.492 e. The number of nitro groups is 1. The van der Waals surface area contributed by atoms with Gasteiger partial charge in [-0.1, -0.05) is 11.6 Å². The quantitative estimate of drug-likeness (QED) is 0.558. The van der Waals surface area contributed by atoms with Crippen molar-refractivity contribution in [3.05, 3.63) is 33.3 Å². The van der Waals surface area contributed by atoms with Gasteiger partial charge in [0.1, 0.15) is 5.75 Å². The zero-order chi connectivity index (χ0) is 9.84. The van der Waals surface area contributed by atoms with Crippen molar-refractivity contribution in [1.29, 1.82) is 0 Å². The van der Waals surface area contributed by atoms with Gasteiger partial charge in [0, 0.05) is 6.07 Å². The summed E-state index contributed by atoms with van der Waals surface area (Å²) in [7, 11) is 0. The van der Waals surface area contributed by atoms with Crippen LogP contribution in [0.4, 0.5) is 5.69 Å². The van der Waals surface area contributed by atoms with Crippen LogP contribution in [0, 0.1) is 10.1 Å². The van der Waals surface area contributed by atoms with Crippen LogP contribution >= 0.6 is 11.6 Å². The molecule has 0 saturated heterocycles. The van der Waals surface area contributed by atoms with Gasteiger partial charge >= 0.3 is 0 Å². The molecule has 5 heteroatoms. The molecule has 0 fully saturated rings. The Bertz CT molecular complexity index is 327. The van der Waals surface area contributed by atoms with Gasteiger partial charge in [0.15, 0.2) is 0 Å². The van der Waals surface area contributed by atoms with E-state index in [4.69, 9.17) is 16.3 Å². The first-order valence-corrected chi connectivity index (χ1v) is 4.09. The minimum atomic E-state index is -0.487. The lowest BCUT2D eigenvalue weighted by Crippen LogP contribution is -1.94. The summed E-state index contributed by atoms with van der Waals surface area (Å²) >= 11 is 5.73. The van der Waals surface area contributed by atoms with Crippen molar-refractivity contribution in [3.63, 3.8) is 0 Å². The first kappa shape index (κ1) is 9.80. The molecular formula is C8H8ClNO3. The van der Waals surface area contributed by atoms with Crippen LogP contribution < -0.4 is 4.74 Å². The first-order valence-electron chi connectivity index (χ1n) is 3.72. The van der Waals surface area contributed by atoms with Crippen LogP contribution in [-0.2, 0) is 0 Å². The molecule has 4 nitrogen and oxygen atoms in total. The van der Waals surface area contributed by atoms with E-state index in [1.165, 1.54) is 18.2 Å². The van der Waals surface area contributed by atoms with Crippen LogP contribution in [0.5, 0.6) is 5.75 Å². The smallest absolute Gasteiger partial charge is 0.273 e. The molecule has 1 aromatic carbocycles. The molecule has 0 spiro atoms. The summed E-state index contributed by atoms with van der Waals surface area (Å²) in [6.07, 6.45) is 0. The normalized spacial score (nSPS) is 9.69. The van der Waals surface area contributed by atoms with Crippen molar-refractivity contribution in [2.45, 2.75) is 6.92 Å². The molecule has 1 rings (SSSR count). The number of hydrogen-bond donors (Lipinski definition) is 0. The minimum absolute atomic E-state index is 0.0205. The molecule has 0 saturated carbocycles. The van der Waals surface area contributed by atoms with E-state index >= 15 is 0 Å². The van der Waals surface area contributed by atoms with E-state index in [2.05, 4.69) is 0 Å². The van der Waals surface area contributed by atoms with Crippen LogP contribution in [0.25, 0.3) is 0 Å². The number of hydrogen-bond acceptors (Lipinski definition) is 3. The second-order valence-corrected chi connectivity index (χ2v) is 2.71. The molecule has 0 amide bonds. The largest absolute Gasteiger partial charge is 0.492 e. The molecule has 1 aromatic rings. The van der Waals surface area contributed by atoms with Gasteiger partial charge < -0.3 is 4.74 Å². The lowest BCUT2D eigenvalue weighted by molar-refractivity contribution is -0.384. The second kappa shape index (κ2) is 4.09. The maximum absolute atomic E-state index is 10.4. The number of nitro benzene ring substituents is 1. The van der Waals surface area contributed by atoms with Gasteiger partial charge in [0.05, 0.1) is 22.6 Å². The highest BCUT2D eigenvalue weighted by atomic mass is 35.5. The summed E-state index contributed by atoms with van der Waals surface area (Å²) in [4.78, 5) is 9.89. The molecule has 0 bridgehead atoms. The van der Waals surface area contributed by atoms with Crippen LogP contribution in [0.1, 0.15) is 6.92 Å². The Labute approximate surface area is 80.2 Å². The van der Waals surface area contributed by atoms with E-state index in [-0.39, 0.29) is 5.69 Å². The van der Waals surface area contributed by atoms with Crippen LogP contribution in [0.15, 0.2) is 18.2 Å². The van der Waals surface area contributed by atoms with Crippen molar-refractivity contribution in [3.8, 4) is 5.75 Å². The molecule has 0 N–H and O–H groups in total. The molecule has 0 unspecified atom stereocenters. The average Bonchev–Trinajstić information content (AvgIpc) is 2.08. The van der Waals surface area contributed by atoms with Crippen LogP contribution in [0.3, 0.4) is 0 Å². The SMILES string of the molecule is CCOc1cc([N+](=O)[O-])ccc1Cl. The average molecular weight is 202 g/mol. The van der Waals surface area contributed by atoms with Gasteiger partial charge in [-0.3, -0.25) is 10.1 Å². The summed E-state index contributed by atoms with van der Waals surface area (Å²) in [5.41, 5.74) is -0.0205. The van der Waals surface area contributed by atoms with Gasteiger partial charge in [-0.2, -0.15) is 0 Å². The van der Waals surface area contributed by atoms with E-state index < -0.39 is 4.92 Å². The molecule has 13 heavy (non-hydrogen) atoms. The fourth-order valence-electron chi connectivity index (χ4n) is 0.872. The van der Waals surface area contributed by atoms with Gasteiger partial charge in [-0.25, -0.2) is 0 Å². The van der Waals surface area contributed by atoms with E-state index in [1.807, 2.05) is 0 Å². The number of non-ortho nitro benzene ring substituents is 1. The molecule has 0 heterocycles. The zero-order valence-electron chi connectivity index (χ0n) is 6.99. The van der Waals surface area contributed by atoms with E-state index in [1.54, 1.807) is 6.92 Å². The third kappa shape index (κ3) is 2.32. The van der Waals surface area contributed by atoms with Crippen molar-refractivity contribution in [2.24, 2.45) is 0 Å². The highest BCUT2D eigenvalue weighted by molar-refractivity contribution is 6.32. The molecule has 0 radical (unpaired) electrons. The Morgan fingerprint density at radius 1 is 1.62 bits per heavy atom. The third-order valence-corrected chi connectivity index (χ3v) is 1.74. The van der Waals surface area contributed by atoms with Crippen molar-refractivity contribution in [2.75, 3.05) is 6.61 Å². The first-order chi connectivity index (χ1) is 6.15. The molecule has 0 aliphatic rings. The summed E-state index contributed by atoms with van der Waals surface area (Å²) in [6.45, 7) is 2.22. The number of benzene rings is 1. The highest BCUT2D eigenvalue weighted by Gasteiger charge is 2.09. The molecule has 70 valence electrons. The van der Waals surface area contributed by atoms with E-state index in [0.717, 1.165) is 0 Å². The Balaban J connectivity index is 3.03. The van der Waals surface area contributed by atoms with Crippen molar-refractivity contribution < 1.29 is 9.66 Å². The van der Waals surface area contributed by atoms with Crippen molar-refractivity contribution in [1.82, 2.24) is 0 Å². The van der Waals surface area contributed by atoms with Gasteiger partial charge in [0.2, 0.25) is 0 Å². The molecule has 0 atom stereocenters. The molecule has 0 aliphatic carbocycles. The fraction of sp³-hybridized carbons (Fsp3) is 0.250. The molecule has 0 aliphatic heterocycles. The number of rotatable bonds is 3. The van der Waals surface area contributed by atoms with E-state index in [9.17, 15) is 10.1 Å². The number of halogens is 1. The number of ether oxygens (including phenoxy) is 1. The Morgan fingerprint density at radius 2 is 2.31 bits per heavy atom. The van der Waals surface area contributed by atoms with Crippen LogP contribution in [-0.4, -0.2) is 11.5 Å².